The van der Waals surface area contributed by atoms with E-state index in [4.69, 9.17) is 16.3 Å². The van der Waals surface area contributed by atoms with E-state index in [-0.39, 0.29) is 22.8 Å². The van der Waals surface area contributed by atoms with Gasteiger partial charge in [-0.1, -0.05) is 17.7 Å². The molecule has 0 aliphatic carbocycles. The largest absolute Gasteiger partial charge is 0.496 e. The first-order valence-corrected chi connectivity index (χ1v) is 7.30. The van der Waals surface area contributed by atoms with E-state index in [0.29, 0.717) is 0 Å². The zero-order chi connectivity index (χ0) is 15.4. The Morgan fingerprint density at radius 3 is 2.81 bits per heavy atom. The van der Waals surface area contributed by atoms with Crippen LogP contribution in [0.1, 0.15) is 29.0 Å². The fourth-order valence-electron chi connectivity index (χ4n) is 1.76. The third kappa shape index (κ3) is 3.92. The quantitative estimate of drug-likeness (QED) is 0.896. The molecule has 1 atom stereocenters. The minimum absolute atomic E-state index is 0.182. The maximum absolute atomic E-state index is 12.1. The van der Waals surface area contributed by atoms with Gasteiger partial charge in [-0.15, -0.1) is 0 Å². The van der Waals surface area contributed by atoms with Gasteiger partial charge in [-0.05, 0) is 40.5 Å². The average molecular weight is 371 g/mol. The highest BCUT2D eigenvalue weighted by atomic mass is 79.9. The number of carbonyl (C=O) groups excluding carboxylic acids is 1. The molecule has 110 valence electrons. The summed E-state index contributed by atoms with van der Waals surface area (Å²) in [7, 11) is 1.60. The number of nitrogens with zero attached hydrogens (tertiary/aromatic N) is 2. The van der Waals surface area contributed by atoms with Crippen molar-refractivity contribution in [2.24, 2.45) is 0 Å². The molecule has 1 N–H and O–H groups in total. The van der Waals surface area contributed by atoms with Crippen molar-refractivity contribution in [3.63, 3.8) is 0 Å². The van der Waals surface area contributed by atoms with Crippen molar-refractivity contribution in [3.8, 4) is 5.75 Å². The van der Waals surface area contributed by atoms with Crippen LogP contribution < -0.4 is 10.1 Å². The third-order valence-corrected chi connectivity index (χ3v) is 3.66. The lowest BCUT2D eigenvalue weighted by Crippen LogP contribution is -2.27. The van der Waals surface area contributed by atoms with Gasteiger partial charge >= 0.3 is 0 Å². The number of hydrogen-bond donors (Lipinski definition) is 1. The molecule has 0 saturated heterocycles. The average Bonchev–Trinajstić information content (AvgIpc) is 2.47. The van der Waals surface area contributed by atoms with Gasteiger partial charge in [-0.3, -0.25) is 9.78 Å². The maximum atomic E-state index is 12.1. The third-order valence-electron chi connectivity index (χ3n) is 2.86. The lowest BCUT2D eigenvalue weighted by atomic mass is 10.1. The van der Waals surface area contributed by atoms with Gasteiger partial charge in [0.25, 0.3) is 5.91 Å². The summed E-state index contributed by atoms with van der Waals surface area (Å²) in [6.07, 6.45) is 2.75. The topological polar surface area (TPSA) is 64.1 Å². The standard InChI is InChI=1S/C14H13BrClN3O2/c1-8(9-3-4-12(21-2)10(15)5-9)18-14(20)11-6-17-7-13(16)19-11/h3-8H,1-2H3,(H,18,20). The molecule has 5 nitrogen and oxygen atoms in total. The smallest absolute Gasteiger partial charge is 0.272 e. The Morgan fingerprint density at radius 2 is 2.19 bits per heavy atom. The van der Waals surface area contributed by atoms with Crippen molar-refractivity contribution in [1.29, 1.82) is 0 Å². The van der Waals surface area contributed by atoms with Crippen molar-refractivity contribution >= 4 is 33.4 Å². The van der Waals surface area contributed by atoms with E-state index in [1.54, 1.807) is 7.11 Å². The zero-order valence-electron chi connectivity index (χ0n) is 11.4. The zero-order valence-corrected chi connectivity index (χ0v) is 13.8. The van der Waals surface area contributed by atoms with Crippen LogP contribution in [0.5, 0.6) is 5.75 Å². The van der Waals surface area contributed by atoms with Crippen LogP contribution >= 0.6 is 27.5 Å². The van der Waals surface area contributed by atoms with E-state index in [0.717, 1.165) is 15.8 Å². The highest BCUT2D eigenvalue weighted by molar-refractivity contribution is 9.10. The number of amides is 1. The fraction of sp³-hybridized carbons (Fsp3) is 0.214. The van der Waals surface area contributed by atoms with Crippen molar-refractivity contribution in [3.05, 3.63) is 51.5 Å². The van der Waals surface area contributed by atoms with Crippen LogP contribution in [0.15, 0.2) is 35.1 Å². The Labute approximate surface area is 135 Å². The number of aromatic nitrogens is 2. The Morgan fingerprint density at radius 1 is 1.43 bits per heavy atom. The summed E-state index contributed by atoms with van der Waals surface area (Å²) < 4.78 is 6.00. The number of hydrogen-bond acceptors (Lipinski definition) is 4. The Balaban J connectivity index is 2.12. The molecule has 7 heteroatoms. The summed E-state index contributed by atoms with van der Waals surface area (Å²) >= 11 is 9.14. The normalized spacial score (nSPS) is 11.8. The van der Waals surface area contributed by atoms with Gasteiger partial charge in [0.1, 0.15) is 16.6 Å². The number of halogens is 2. The number of carbonyl (C=O) groups is 1. The van der Waals surface area contributed by atoms with Gasteiger partial charge in [-0.2, -0.15) is 0 Å². The molecule has 0 spiro atoms. The number of methoxy groups -OCH3 is 1. The van der Waals surface area contributed by atoms with Gasteiger partial charge in [0, 0.05) is 0 Å². The highest BCUT2D eigenvalue weighted by Crippen LogP contribution is 2.28. The summed E-state index contributed by atoms with van der Waals surface area (Å²) in [5.74, 6) is 0.405. The predicted molar refractivity (Wildman–Crippen MR) is 83.6 cm³/mol. The van der Waals surface area contributed by atoms with Crippen LogP contribution in [0.4, 0.5) is 0 Å². The molecule has 0 aliphatic rings. The van der Waals surface area contributed by atoms with Crippen molar-refractivity contribution in [2.75, 3.05) is 7.11 Å². The maximum Gasteiger partial charge on any atom is 0.272 e. The molecule has 0 radical (unpaired) electrons. The molecule has 21 heavy (non-hydrogen) atoms. The molecule has 1 heterocycles. The van der Waals surface area contributed by atoms with Crippen LogP contribution in [0, 0.1) is 0 Å². The summed E-state index contributed by atoms with van der Waals surface area (Å²) in [6, 6.07) is 5.42. The highest BCUT2D eigenvalue weighted by Gasteiger charge is 2.14. The Hall–Kier alpha value is -1.66. The molecule has 1 amide bonds. The SMILES string of the molecule is COc1ccc(C(C)NC(=O)c2cncc(Cl)n2)cc1Br. The van der Waals surface area contributed by atoms with Crippen molar-refractivity contribution in [1.82, 2.24) is 15.3 Å². The molecule has 1 aromatic heterocycles. The molecule has 1 unspecified atom stereocenters. The lowest BCUT2D eigenvalue weighted by Gasteiger charge is -2.15. The molecular weight excluding hydrogens is 358 g/mol. The minimum atomic E-state index is -0.329. The van der Waals surface area contributed by atoms with Gasteiger partial charge in [0.05, 0.1) is 30.0 Å². The molecule has 0 saturated carbocycles. The van der Waals surface area contributed by atoms with E-state index in [1.165, 1.54) is 12.4 Å². The molecule has 0 aliphatic heterocycles. The second kappa shape index (κ2) is 6.87. The van der Waals surface area contributed by atoms with Crippen LogP contribution in [-0.2, 0) is 0 Å². The predicted octanol–water partition coefficient (Wildman–Crippen LogP) is 3.39. The molecule has 1 aromatic carbocycles. The monoisotopic (exact) mass is 369 g/mol. The number of ether oxygens (including phenoxy) is 1. The summed E-state index contributed by atoms with van der Waals surface area (Å²) in [6.45, 7) is 1.88. The molecular formula is C14H13BrClN3O2. The van der Waals surface area contributed by atoms with Crippen LogP contribution in [0.25, 0.3) is 0 Å². The van der Waals surface area contributed by atoms with E-state index in [9.17, 15) is 4.79 Å². The van der Waals surface area contributed by atoms with Crippen LogP contribution in [0.3, 0.4) is 0 Å². The first-order chi connectivity index (χ1) is 10.0. The molecule has 0 fully saturated rings. The van der Waals surface area contributed by atoms with Crippen LogP contribution in [-0.4, -0.2) is 23.0 Å². The van der Waals surface area contributed by atoms with Gasteiger partial charge in [0.15, 0.2) is 0 Å². The number of benzene rings is 1. The van der Waals surface area contributed by atoms with E-state index >= 15 is 0 Å². The molecule has 0 bridgehead atoms. The summed E-state index contributed by atoms with van der Waals surface area (Å²) in [5.41, 5.74) is 1.12. The molecule has 2 aromatic rings. The number of nitrogens with one attached hydrogen (secondary N) is 1. The van der Waals surface area contributed by atoms with E-state index in [1.807, 2.05) is 25.1 Å². The first-order valence-electron chi connectivity index (χ1n) is 6.13. The Bertz CT molecular complexity index is 666. The van der Waals surface area contributed by atoms with E-state index < -0.39 is 0 Å². The van der Waals surface area contributed by atoms with Gasteiger partial charge in [-0.25, -0.2) is 4.98 Å². The lowest BCUT2D eigenvalue weighted by molar-refractivity contribution is 0.0934. The summed E-state index contributed by atoms with van der Waals surface area (Å²) in [5, 5.41) is 3.03. The molecule has 2 rings (SSSR count). The second-order valence-electron chi connectivity index (χ2n) is 4.32. The van der Waals surface area contributed by atoms with Crippen molar-refractivity contribution in [2.45, 2.75) is 13.0 Å². The fourth-order valence-corrected chi connectivity index (χ4v) is 2.46. The van der Waals surface area contributed by atoms with Gasteiger partial charge < -0.3 is 10.1 Å². The van der Waals surface area contributed by atoms with E-state index in [2.05, 4.69) is 31.2 Å². The van der Waals surface area contributed by atoms with Gasteiger partial charge in [0.2, 0.25) is 0 Å². The second-order valence-corrected chi connectivity index (χ2v) is 5.56. The van der Waals surface area contributed by atoms with Crippen molar-refractivity contribution < 1.29 is 9.53 Å². The summed E-state index contributed by atoms with van der Waals surface area (Å²) in [4.78, 5) is 19.8. The Kier molecular flexibility index (Phi) is 5.14. The number of rotatable bonds is 4. The first kappa shape index (κ1) is 15.7. The minimum Gasteiger partial charge on any atom is -0.496 e. The van der Waals surface area contributed by atoms with Crippen LogP contribution in [0.2, 0.25) is 5.15 Å².